The Hall–Kier alpha value is -2.77. The monoisotopic (exact) mass is 303 g/mol. The molecule has 0 fully saturated rings. The molecule has 0 aliphatic carbocycles. The number of pyridine rings is 1. The van der Waals surface area contributed by atoms with Gasteiger partial charge in [-0.2, -0.15) is 0 Å². The highest BCUT2D eigenvalue weighted by Gasteiger charge is 2.25. The molecular weight excluding hydrogens is 286 g/mol. The summed E-state index contributed by atoms with van der Waals surface area (Å²) in [5, 5.41) is 19.1. The predicted molar refractivity (Wildman–Crippen MR) is 77.1 cm³/mol. The molecule has 0 radical (unpaired) electrons. The molecule has 2 aromatic rings. The zero-order valence-corrected chi connectivity index (χ0v) is 12.3. The molecule has 0 bridgehead atoms. The smallest absolute Gasteiger partial charge is 0.326 e. The van der Waals surface area contributed by atoms with Crippen molar-refractivity contribution in [3.05, 3.63) is 42.0 Å². The minimum Gasteiger partial charge on any atom is -0.480 e. The number of hydrogen-bond donors (Lipinski definition) is 2. The summed E-state index contributed by atoms with van der Waals surface area (Å²) in [6.07, 6.45) is 3.13. The fourth-order valence-electron chi connectivity index (χ4n) is 1.87. The van der Waals surface area contributed by atoms with Gasteiger partial charge >= 0.3 is 5.97 Å². The molecule has 8 heteroatoms. The Morgan fingerprint density at radius 1 is 1.36 bits per heavy atom. The van der Waals surface area contributed by atoms with Gasteiger partial charge in [-0.1, -0.05) is 25.1 Å². The summed E-state index contributed by atoms with van der Waals surface area (Å²) in [7, 11) is 0. The SMILES string of the molecule is CC(C)[C@@H](NC(=O)c1cn(Cc2ccccn2)nn1)C(=O)O. The first-order valence-corrected chi connectivity index (χ1v) is 6.81. The first-order chi connectivity index (χ1) is 10.5. The Morgan fingerprint density at radius 2 is 2.14 bits per heavy atom. The van der Waals surface area contributed by atoms with Gasteiger partial charge in [0.1, 0.15) is 6.04 Å². The van der Waals surface area contributed by atoms with Crippen LogP contribution in [-0.4, -0.2) is 43.0 Å². The molecule has 8 nitrogen and oxygen atoms in total. The van der Waals surface area contributed by atoms with Crippen LogP contribution in [0.15, 0.2) is 30.6 Å². The standard InChI is InChI=1S/C14H17N5O3/c1-9(2)12(14(21)22)16-13(20)11-8-19(18-17-11)7-10-5-3-4-6-15-10/h3-6,8-9,12H,7H2,1-2H3,(H,16,20)(H,21,22)/t12-/m1/s1. The largest absolute Gasteiger partial charge is 0.480 e. The third-order valence-corrected chi connectivity index (χ3v) is 3.04. The lowest BCUT2D eigenvalue weighted by Crippen LogP contribution is -2.44. The summed E-state index contributed by atoms with van der Waals surface area (Å²) in [6.45, 7) is 3.82. The lowest BCUT2D eigenvalue weighted by atomic mass is 10.0. The molecule has 0 saturated carbocycles. The number of carboxylic acids is 1. The molecule has 0 saturated heterocycles. The average Bonchev–Trinajstić information content (AvgIpc) is 2.93. The highest BCUT2D eigenvalue weighted by atomic mass is 16.4. The zero-order chi connectivity index (χ0) is 16.1. The van der Waals surface area contributed by atoms with Gasteiger partial charge in [0.2, 0.25) is 0 Å². The topological polar surface area (TPSA) is 110 Å². The Morgan fingerprint density at radius 3 is 2.73 bits per heavy atom. The first kappa shape index (κ1) is 15.6. The van der Waals surface area contributed by atoms with E-state index in [1.165, 1.54) is 10.9 Å². The second-order valence-corrected chi connectivity index (χ2v) is 5.16. The summed E-state index contributed by atoms with van der Waals surface area (Å²) in [5.41, 5.74) is 0.854. The van der Waals surface area contributed by atoms with Gasteiger partial charge in [0.05, 0.1) is 18.4 Å². The summed E-state index contributed by atoms with van der Waals surface area (Å²) < 4.78 is 1.47. The molecule has 0 spiro atoms. The number of aromatic nitrogens is 4. The molecule has 2 N–H and O–H groups in total. The molecule has 0 aromatic carbocycles. The van der Waals surface area contributed by atoms with Crippen LogP contribution in [-0.2, 0) is 11.3 Å². The van der Waals surface area contributed by atoms with Crippen molar-refractivity contribution >= 4 is 11.9 Å². The maximum absolute atomic E-state index is 12.0. The number of carboxylic acid groups (broad SMARTS) is 1. The van der Waals surface area contributed by atoms with Gasteiger partial charge in [0, 0.05) is 6.20 Å². The van der Waals surface area contributed by atoms with Crippen molar-refractivity contribution in [2.24, 2.45) is 5.92 Å². The number of hydrogen-bond acceptors (Lipinski definition) is 5. The molecule has 2 heterocycles. The van der Waals surface area contributed by atoms with Crippen LogP contribution in [0.1, 0.15) is 30.0 Å². The molecule has 116 valence electrons. The summed E-state index contributed by atoms with van der Waals surface area (Å²) in [5.74, 6) is -1.87. The maximum Gasteiger partial charge on any atom is 0.326 e. The second-order valence-electron chi connectivity index (χ2n) is 5.16. The fraction of sp³-hybridized carbons (Fsp3) is 0.357. The molecule has 2 rings (SSSR count). The number of nitrogens with one attached hydrogen (secondary N) is 1. The van der Waals surface area contributed by atoms with Gasteiger partial charge in [0.15, 0.2) is 5.69 Å². The zero-order valence-electron chi connectivity index (χ0n) is 12.3. The third-order valence-electron chi connectivity index (χ3n) is 3.04. The highest BCUT2D eigenvalue weighted by Crippen LogP contribution is 2.04. The van der Waals surface area contributed by atoms with E-state index in [1.54, 1.807) is 20.0 Å². The summed E-state index contributed by atoms with van der Waals surface area (Å²) in [6, 6.07) is 4.53. The van der Waals surface area contributed by atoms with Crippen LogP contribution in [0.3, 0.4) is 0 Å². The van der Waals surface area contributed by atoms with Gasteiger partial charge in [-0.05, 0) is 18.1 Å². The predicted octanol–water partition coefficient (Wildman–Crippen LogP) is 0.560. The van der Waals surface area contributed by atoms with Crippen LogP contribution in [0, 0.1) is 5.92 Å². The van der Waals surface area contributed by atoms with Crippen LogP contribution in [0.5, 0.6) is 0 Å². The number of amides is 1. The minimum atomic E-state index is -1.08. The van der Waals surface area contributed by atoms with E-state index in [0.717, 1.165) is 5.69 Å². The van der Waals surface area contributed by atoms with E-state index < -0.39 is 17.9 Å². The Bertz CT molecular complexity index is 654. The average molecular weight is 303 g/mol. The number of rotatable bonds is 6. The van der Waals surface area contributed by atoms with Crippen LogP contribution < -0.4 is 5.32 Å². The van der Waals surface area contributed by atoms with E-state index in [4.69, 9.17) is 5.11 Å². The normalized spacial score (nSPS) is 12.1. The molecule has 0 unspecified atom stereocenters. The molecule has 0 aliphatic heterocycles. The van der Waals surface area contributed by atoms with Crippen LogP contribution >= 0.6 is 0 Å². The molecule has 0 aliphatic rings. The Labute approximate surface area is 127 Å². The highest BCUT2D eigenvalue weighted by molar-refractivity contribution is 5.94. The van der Waals surface area contributed by atoms with Gasteiger partial charge in [-0.3, -0.25) is 9.78 Å². The van der Waals surface area contributed by atoms with Gasteiger partial charge in [-0.15, -0.1) is 5.10 Å². The second kappa shape index (κ2) is 6.79. The van der Waals surface area contributed by atoms with Crippen molar-refractivity contribution in [1.29, 1.82) is 0 Å². The fourth-order valence-corrected chi connectivity index (χ4v) is 1.87. The van der Waals surface area contributed by atoms with E-state index in [-0.39, 0.29) is 11.6 Å². The van der Waals surface area contributed by atoms with Crippen molar-refractivity contribution in [2.75, 3.05) is 0 Å². The number of carbonyl (C=O) groups excluding carboxylic acids is 1. The number of carbonyl (C=O) groups is 2. The van der Waals surface area contributed by atoms with E-state index in [1.807, 2.05) is 18.2 Å². The van der Waals surface area contributed by atoms with Crippen molar-refractivity contribution in [3.8, 4) is 0 Å². The van der Waals surface area contributed by atoms with Crippen LogP contribution in [0.4, 0.5) is 0 Å². The van der Waals surface area contributed by atoms with Crippen molar-refractivity contribution < 1.29 is 14.7 Å². The van der Waals surface area contributed by atoms with Crippen molar-refractivity contribution in [1.82, 2.24) is 25.3 Å². The third kappa shape index (κ3) is 3.87. The molecular formula is C14H17N5O3. The minimum absolute atomic E-state index is 0.0721. The Balaban J connectivity index is 2.04. The van der Waals surface area contributed by atoms with Crippen molar-refractivity contribution in [3.63, 3.8) is 0 Å². The molecule has 2 aromatic heterocycles. The quantitative estimate of drug-likeness (QED) is 0.807. The molecule has 1 amide bonds. The van der Waals surface area contributed by atoms with Gasteiger partial charge < -0.3 is 10.4 Å². The van der Waals surface area contributed by atoms with E-state index >= 15 is 0 Å². The van der Waals surface area contributed by atoms with Crippen molar-refractivity contribution in [2.45, 2.75) is 26.4 Å². The van der Waals surface area contributed by atoms with E-state index in [0.29, 0.717) is 6.54 Å². The van der Waals surface area contributed by atoms with Gasteiger partial charge in [-0.25, -0.2) is 9.48 Å². The molecule has 1 atom stereocenters. The van der Waals surface area contributed by atoms with Gasteiger partial charge in [0.25, 0.3) is 5.91 Å². The van der Waals surface area contributed by atoms with Crippen LogP contribution in [0.2, 0.25) is 0 Å². The van der Waals surface area contributed by atoms with E-state index in [9.17, 15) is 9.59 Å². The lowest BCUT2D eigenvalue weighted by Gasteiger charge is -2.16. The Kier molecular flexibility index (Phi) is 4.82. The lowest BCUT2D eigenvalue weighted by molar-refractivity contribution is -0.140. The maximum atomic E-state index is 12.0. The summed E-state index contributed by atoms with van der Waals surface area (Å²) >= 11 is 0. The number of nitrogens with zero attached hydrogens (tertiary/aromatic N) is 4. The first-order valence-electron chi connectivity index (χ1n) is 6.81. The van der Waals surface area contributed by atoms with Crippen LogP contribution in [0.25, 0.3) is 0 Å². The molecule has 22 heavy (non-hydrogen) atoms. The van der Waals surface area contributed by atoms with E-state index in [2.05, 4.69) is 20.6 Å². The summed E-state index contributed by atoms with van der Waals surface area (Å²) in [4.78, 5) is 27.3. The number of aliphatic carboxylic acids is 1.